The lowest BCUT2D eigenvalue weighted by Crippen LogP contribution is -2.12. The molecule has 1 aromatic heterocycles. The van der Waals surface area contributed by atoms with Crippen LogP contribution in [0.3, 0.4) is 0 Å². The van der Waals surface area contributed by atoms with Crippen molar-refractivity contribution in [1.82, 2.24) is 4.57 Å². The summed E-state index contributed by atoms with van der Waals surface area (Å²) in [6, 6.07) is 18.4. The first-order valence-corrected chi connectivity index (χ1v) is 9.61. The topological polar surface area (TPSA) is 88.0 Å². The van der Waals surface area contributed by atoms with Gasteiger partial charge in [-0.1, -0.05) is 25.1 Å². The number of hydrogen-bond acceptors (Lipinski definition) is 5. The Morgan fingerprint density at radius 3 is 2.37 bits per heavy atom. The number of esters is 1. The van der Waals surface area contributed by atoms with Crippen molar-refractivity contribution in [2.45, 2.75) is 20.3 Å². The predicted molar refractivity (Wildman–Crippen MR) is 112 cm³/mol. The van der Waals surface area contributed by atoms with E-state index in [9.17, 15) is 10.1 Å². The molecule has 0 atom stereocenters. The molecular weight excluding hydrogens is 378 g/mol. The SMILES string of the molecule is CCOC(=O)c1c(-c2ccc(Oc3cccc(C#N)c3)cc2)c(C#N)c(CC)n1C. The van der Waals surface area contributed by atoms with Crippen LogP contribution in [-0.2, 0) is 18.2 Å². The predicted octanol–water partition coefficient (Wildman–Crippen LogP) is 4.97. The molecule has 0 aliphatic carbocycles. The van der Waals surface area contributed by atoms with Crippen molar-refractivity contribution in [3.8, 4) is 34.8 Å². The first kappa shape index (κ1) is 20.7. The Hall–Kier alpha value is -4.03. The summed E-state index contributed by atoms with van der Waals surface area (Å²) in [7, 11) is 1.77. The maximum atomic E-state index is 12.6. The first-order chi connectivity index (χ1) is 14.5. The molecule has 150 valence electrons. The third kappa shape index (κ3) is 3.90. The number of ether oxygens (including phenoxy) is 2. The quantitative estimate of drug-likeness (QED) is 0.546. The van der Waals surface area contributed by atoms with E-state index in [-0.39, 0.29) is 6.61 Å². The number of aromatic nitrogens is 1. The highest BCUT2D eigenvalue weighted by Gasteiger charge is 2.26. The fourth-order valence-electron chi connectivity index (χ4n) is 3.44. The highest BCUT2D eigenvalue weighted by atomic mass is 16.5. The van der Waals surface area contributed by atoms with Crippen molar-refractivity contribution < 1.29 is 14.3 Å². The molecule has 0 aliphatic heterocycles. The van der Waals surface area contributed by atoms with Gasteiger partial charge in [0.2, 0.25) is 0 Å². The maximum Gasteiger partial charge on any atom is 0.355 e. The van der Waals surface area contributed by atoms with Crippen LogP contribution in [0.25, 0.3) is 11.1 Å². The summed E-state index contributed by atoms with van der Waals surface area (Å²) in [6.07, 6.45) is 0.613. The van der Waals surface area contributed by atoms with Crippen molar-refractivity contribution in [2.75, 3.05) is 6.61 Å². The number of rotatable bonds is 6. The van der Waals surface area contributed by atoms with Gasteiger partial charge in [-0.2, -0.15) is 10.5 Å². The number of nitrogens with zero attached hydrogens (tertiary/aromatic N) is 3. The second-order valence-electron chi connectivity index (χ2n) is 6.56. The summed E-state index contributed by atoms with van der Waals surface area (Å²) < 4.78 is 12.8. The minimum absolute atomic E-state index is 0.251. The first-order valence-electron chi connectivity index (χ1n) is 9.61. The van der Waals surface area contributed by atoms with Gasteiger partial charge in [-0.3, -0.25) is 0 Å². The zero-order chi connectivity index (χ0) is 21.7. The van der Waals surface area contributed by atoms with Crippen LogP contribution < -0.4 is 4.74 Å². The lowest BCUT2D eigenvalue weighted by molar-refractivity contribution is 0.0516. The van der Waals surface area contributed by atoms with E-state index >= 15 is 0 Å². The molecule has 0 aliphatic rings. The molecule has 0 N–H and O–H groups in total. The summed E-state index contributed by atoms with van der Waals surface area (Å²) >= 11 is 0. The maximum absolute atomic E-state index is 12.6. The second kappa shape index (κ2) is 8.98. The monoisotopic (exact) mass is 399 g/mol. The van der Waals surface area contributed by atoms with Gasteiger partial charge >= 0.3 is 5.97 Å². The number of hydrogen-bond donors (Lipinski definition) is 0. The molecule has 0 unspecified atom stereocenters. The van der Waals surface area contributed by atoms with E-state index in [1.165, 1.54) is 0 Å². The summed E-state index contributed by atoms with van der Waals surface area (Å²) in [4.78, 5) is 12.6. The molecule has 0 saturated carbocycles. The molecule has 0 amide bonds. The van der Waals surface area contributed by atoms with Crippen LogP contribution in [0, 0.1) is 22.7 Å². The van der Waals surface area contributed by atoms with Gasteiger partial charge in [0.05, 0.1) is 23.8 Å². The molecule has 0 bridgehead atoms. The average molecular weight is 399 g/mol. The summed E-state index contributed by atoms with van der Waals surface area (Å²) in [6.45, 7) is 3.95. The number of carbonyl (C=O) groups is 1. The van der Waals surface area contributed by atoms with Crippen molar-refractivity contribution in [3.05, 3.63) is 71.0 Å². The standard InChI is InChI=1S/C24H21N3O3/c1-4-21-20(15-26)22(23(27(21)3)24(28)29-5-2)17-9-11-18(12-10-17)30-19-8-6-7-16(13-19)14-25/h6-13H,4-5H2,1-3H3. The van der Waals surface area contributed by atoms with Crippen LogP contribution in [0.1, 0.15) is 41.2 Å². The highest BCUT2D eigenvalue weighted by Crippen LogP contribution is 2.34. The van der Waals surface area contributed by atoms with Crippen molar-refractivity contribution in [2.24, 2.45) is 7.05 Å². The van der Waals surface area contributed by atoms with Crippen molar-refractivity contribution in [3.63, 3.8) is 0 Å². The summed E-state index contributed by atoms with van der Waals surface area (Å²) in [5.41, 5.74) is 3.41. The zero-order valence-corrected chi connectivity index (χ0v) is 17.1. The molecule has 0 fully saturated rings. The molecule has 0 spiro atoms. The highest BCUT2D eigenvalue weighted by molar-refractivity contribution is 5.98. The van der Waals surface area contributed by atoms with Crippen LogP contribution in [0.4, 0.5) is 0 Å². The Bertz CT molecular complexity index is 1160. The van der Waals surface area contributed by atoms with E-state index in [0.717, 1.165) is 11.3 Å². The normalized spacial score (nSPS) is 10.2. The smallest absolute Gasteiger partial charge is 0.355 e. The zero-order valence-electron chi connectivity index (χ0n) is 17.1. The Morgan fingerprint density at radius 2 is 1.77 bits per heavy atom. The van der Waals surface area contributed by atoms with Crippen LogP contribution in [0.2, 0.25) is 0 Å². The van der Waals surface area contributed by atoms with E-state index in [0.29, 0.717) is 40.3 Å². The minimum atomic E-state index is -0.458. The van der Waals surface area contributed by atoms with Crippen molar-refractivity contribution in [1.29, 1.82) is 10.5 Å². The van der Waals surface area contributed by atoms with Gasteiger partial charge in [-0.15, -0.1) is 0 Å². The summed E-state index contributed by atoms with van der Waals surface area (Å²) in [5.74, 6) is 0.677. The van der Waals surface area contributed by atoms with E-state index in [4.69, 9.17) is 14.7 Å². The average Bonchev–Trinajstić information content (AvgIpc) is 3.06. The van der Waals surface area contributed by atoms with Gasteiger partial charge in [0.15, 0.2) is 0 Å². The lowest BCUT2D eigenvalue weighted by atomic mass is 10.00. The molecule has 3 aromatic rings. The van der Waals surface area contributed by atoms with E-state index < -0.39 is 5.97 Å². The van der Waals surface area contributed by atoms with E-state index in [1.807, 2.05) is 19.1 Å². The largest absolute Gasteiger partial charge is 0.461 e. The Kier molecular flexibility index (Phi) is 6.20. The van der Waals surface area contributed by atoms with Gasteiger partial charge in [0.1, 0.15) is 23.3 Å². The third-order valence-electron chi connectivity index (χ3n) is 4.77. The number of benzene rings is 2. The van der Waals surface area contributed by atoms with Crippen molar-refractivity contribution >= 4 is 5.97 Å². The molecule has 0 radical (unpaired) electrons. The van der Waals surface area contributed by atoms with Gasteiger partial charge in [-0.25, -0.2) is 4.79 Å². The van der Waals surface area contributed by atoms with Gasteiger partial charge in [0.25, 0.3) is 0 Å². The van der Waals surface area contributed by atoms with Gasteiger partial charge < -0.3 is 14.0 Å². The van der Waals surface area contributed by atoms with Gasteiger partial charge in [-0.05, 0) is 49.2 Å². The molecule has 2 aromatic carbocycles. The van der Waals surface area contributed by atoms with Crippen LogP contribution >= 0.6 is 0 Å². The van der Waals surface area contributed by atoms with E-state index in [2.05, 4.69) is 12.1 Å². The fourth-order valence-corrected chi connectivity index (χ4v) is 3.44. The lowest BCUT2D eigenvalue weighted by Gasteiger charge is -2.09. The van der Waals surface area contributed by atoms with E-state index in [1.54, 1.807) is 54.9 Å². The molecule has 0 saturated heterocycles. The summed E-state index contributed by atoms with van der Waals surface area (Å²) in [5, 5.41) is 18.8. The minimum Gasteiger partial charge on any atom is -0.461 e. The molecule has 3 rings (SSSR count). The van der Waals surface area contributed by atoms with Crippen LogP contribution in [0.5, 0.6) is 11.5 Å². The Morgan fingerprint density at radius 1 is 1.03 bits per heavy atom. The second-order valence-corrected chi connectivity index (χ2v) is 6.56. The van der Waals surface area contributed by atoms with Crippen LogP contribution in [-0.4, -0.2) is 17.1 Å². The number of nitriles is 2. The van der Waals surface area contributed by atoms with Crippen LogP contribution in [0.15, 0.2) is 48.5 Å². The molecular formula is C24H21N3O3. The Labute approximate surface area is 175 Å². The Balaban J connectivity index is 2.02. The molecule has 30 heavy (non-hydrogen) atoms. The number of carbonyl (C=O) groups excluding carboxylic acids is 1. The molecule has 6 nitrogen and oxygen atoms in total. The third-order valence-corrected chi connectivity index (χ3v) is 4.77. The molecule has 6 heteroatoms. The molecule has 1 heterocycles. The fraction of sp³-hybridized carbons (Fsp3) is 0.208. The van der Waals surface area contributed by atoms with Gasteiger partial charge in [0, 0.05) is 18.3 Å².